The van der Waals surface area contributed by atoms with Crippen molar-refractivity contribution in [2.45, 2.75) is 6.92 Å². The number of aliphatic carboxylic acids is 2. The second-order valence-corrected chi connectivity index (χ2v) is 9.01. The highest BCUT2D eigenvalue weighted by atomic mass is 32.1. The average molecular weight is 497 g/mol. The van der Waals surface area contributed by atoms with E-state index in [1.54, 1.807) is 17.4 Å². The van der Waals surface area contributed by atoms with Gasteiger partial charge in [0.25, 0.3) is 0 Å². The maximum Gasteiger partial charge on any atom is 0.328 e. The highest BCUT2D eigenvalue weighted by molar-refractivity contribution is 7.23. The molecule has 3 heterocycles. The van der Waals surface area contributed by atoms with E-state index in [0.717, 1.165) is 60.5 Å². The van der Waals surface area contributed by atoms with Crippen LogP contribution in [-0.4, -0.2) is 70.5 Å². The van der Waals surface area contributed by atoms with Crippen LogP contribution in [0.4, 0.5) is 20.8 Å². The Morgan fingerprint density at radius 3 is 2.43 bits per heavy atom. The summed E-state index contributed by atoms with van der Waals surface area (Å²) < 4.78 is 15.1. The molecular weight excluding hydrogens is 471 g/mol. The number of halogens is 1. The third-order valence-electron chi connectivity index (χ3n) is 5.74. The summed E-state index contributed by atoms with van der Waals surface area (Å²) in [5, 5.41) is 21.3. The molecule has 0 spiro atoms. The summed E-state index contributed by atoms with van der Waals surface area (Å²) in [5.41, 5.74) is 2.65. The van der Waals surface area contributed by atoms with E-state index in [1.807, 2.05) is 0 Å². The van der Waals surface area contributed by atoms with Crippen molar-refractivity contribution < 1.29 is 24.2 Å². The van der Waals surface area contributed by atoms with Crippen LogP contribution in [0.15, 0.2) is 59.6 Å². The predicted octanol–water partition coefficient (Wildman–Crippen LogP) is 4.53. The summed E-state index contributed by atoms with van der Waals surface area (Å²) in [6, 6.07) is 13.2. The lowest BCUT2D eigenvalue weighted by Gasteiger charge is -2.36. The zero-order chi connectivity index (χ0) is 24.9. The summed E-state index contributed by atoms with van der Waals surface area (Å²) >= 11 is 1.70. The molecule has 0 amide bonds. The number of anilines is 2. The van der Waals surface area contributed by atoms with Crippen molar-refractivity contribution in [3.8, 4) is 0 Å². The van der Waals surface area contributed by atoms with Gasteiger partial charge in [-0.25, -0.2) is 19.0 Å². The van der Waals surface area contributed by atoms with E-state index in [1.165, 1.54) is 22.2 Å². The lowest BCUT2D eigenvalue weighted by molar-refractivity contribution is -0.134. The lowest BCUT2D eigenvalue weighted by atomic mass is 10.1. The Bertz CT molecular complexity index is 1300. The van der Waals surface area contributed by atoms with Gasteiger partial charge in [0, 0.05) is 48.4 Å². The van der Waals surface area contributed by atoms with Crippen LogP contribution >= 0.6 is 11.3 Å². The van der Waals surface area contributed by atoms with Crippen molar-refractivity contribution in [2.75, 3.05) is 38.0 Å². The van der Waals surface area contributed by atoms with Crippen molar-refractivity contribution in [1.82, 2.24) is 9.80 Å². The van der Waals surface area contributed by atoms with E-state index in [2.05, 4.69) is 46.3 Å². The number of amidine groups is 1. The van der Waals surface area contributed by atoms with Crippen molar-refractivity contribution in [2.24, 2.45) is 4.99 Å². The van der Waals surface area contributed by atoms with Crippen LogP contribution in [0.5, 0.6) is 0 Å². The van der Waals surface area contributed by atoms with Crippen LogP contribution in [-0.2, 0) is 9.59 Å². The largest absolute Gasteiger partial charge is 0.478 e. The topological polar surface area (TPSA) is 105 Å². The standard InChI is InChI=1S/C21H21FN4S.C4H4O4/c1-2-25-9-11-26(12-10-25)20-19-15-5-3-4-6-18(15)27-21(19)24-17-13-14(22)7-8-16(17)23-20;5-3(6)1-2-4(7)8/h3-8,13,24H,2,9-12H2,1H3;1-2H,(H,5,6)(H,7,8)/b;2-1-. The molecule has 2 aromatic carbocycles. The molecule has 1 saturated heterocycles. The van der Waals surface area contributed by atoms with Crippen LogP contribution in [0, 0.1) is 5.82 Å². The molecular formula is C25H25FN4O4S. The van der Waals surface area contributed by atoms with Crippen LogP contribution in [0.25, 0.3) is 10.1 Å². The number of likely N-dealkylation sites (N-methyl/N-ethyl adjacent to an activating group) is 1. The molecule has 5 rings (SSSR count). The number of nitrogens with zero attached hydrogens (tertiary/aromatic N) is 3. The highest BCUT2D eigenvalue weighted by Crippen LogP contribution is 2.43. The van der Waals surface area contributed by atoms with Gasteiger partial charge >= 0.3 is 11.9 Å². The molecule has 3 aromatic rings. The monoisotopic (exact) mass is 496 g/mol. The molecule has 1 aromatic heterocycles. The Labute approximate surface area is 205 Å². The summed E-state index contributed by atoms with van der Waals surface area (Å²) in [7, 11) is 0. The highest BCUT2D eigenvalue weighted by Gasteiger charge is 2.27. The molecule has 0 atom stereocenters. The van der Waals surface area contributed by atoms with E-state index in [0.29, 0.717) is 12.2 Å². The van der Waals surface area contributed by atoms with Crippen LogP contribution in [0.3, 0.4) is 0 Å². The number of thiophene rings is 1. The molecule has 2 aliphatic rings. The van der Waals surface area contributed by atoms with Gasteiger partial charge < -0.3 is 25.3 Å². The molecule has 1 fully saturated rings. The first-order valence-electron chi connectivity index (χ1n) is 11.1. The van der Waals surface area contributed by atoms with Gasteiger partial charge in [-0.1, -0.05) is 25.1 Å². The Morgan fingerprint density at radius 1 is 1.09 bits per heavy atom. The van der Waals surface area contributed by atoms with Crippen molar-refractivity contribution >= 4 is 55.6 Å². The van der Waals surface area contributed by atoms with Gasteiger partial charge in [-0.15, -0.1) is 11.3 Å². The van der Waals surface area contributed by atoms with Crippen molar-refractivity contribution in [3.05, 3.63) is 66.0 Å². The van der Waals surface area contributed by atoms with Crippen LogP contribution in [0.2, 0.25) is 0 Å². The number of rotatable bonds is 3. The maximum absolute atomic E-state index is 13.8. The predicted molar refractivity (Wildman–Crippen MR) is 136 cm³/mol. The molecule has 0 unspecified atom stereocenters. The van der Waals surface area contributed by atoms with Gasteiger partial charge in [0.05, 0.1) is 16.9 Å². The summed E-state index contributed by atoms with van der Waals surface area (Å²) in [4.78, 5) is 29.0. The molecule has 0 saturated carbocycles. The summed E-state index contributed by atoms with van der Waals surface area (Å²) in [6.07, 6.45) is 1.12. The third kappa shape index (κ3) is 5.67. The average Bonchev–Trinajstić information content (AvgIpc) is 3.12. The molecule has 35 heavy (non-hydrogen) atoms. The second-order valence-electron chi connectivity index (χ2n) is 7.96. The van der Waals surface area contributed by atoms with E-state index in [9.17, 15) is 14.0 Å². The first kappa shape index (κ1) is 24.4. The minimum Gasteiger partial charge on any atom is -0.478 e. The first-order valence-corrected chi connectivity index (χ1v) is 12.0. The van der Waals surface area contributed by atoms with Gasteiger partial charge in [-0.05, 0) is 30.8 Å². The van der Waals surface area contributed by atoms with Gasteiger partial charge in [0.15, 0.2) is 0 Å². The number of aliphatic imine (C=N–C) groups is 1. The van der Waals surface area contributed by atoms with Gasteiger partial charge in [-0.2, -0.15) is 0 Å². The summed E-state index contributed by atoms with van der Waals surface area (Å²) in [6.45, 7) is 7.27. The number of fused-ring (bicyclic) bond motifs is 4. The first-order chi connectivity index (χ1) is 16.9. The number of nitrogens with one attached hydrogen (secondary N) is 1. The Kier molecular flexibility index (Phi) is 7.42. The van der Waals surface area contributed by atoms with E-state index in [-0.39, 0.29) is 5.82 Å². The van der Waals surface area contributed by atoms with E-state index >= 15 is 0 Å². The van der Waals surface area contributed by atoms with Crippen molar-refractivity contribution in [1.29, 1.82) is 0 Å². The molecule has 10 heteroatoms. The minimum absolute atomic E-state index is 0.251. The Hall–Kier alpha value is -3.76. The fourth-order valence-electron chi connectivity index (χ4n) is 4.00. The quantitative estimate of drug-likeness (QED) is 0.458. The fraction of sp³-hybridized carbons (Fsp3) is 0.240. The van der Waals surface area contributed by atoms with Gasteiger partial charge in [0.2, 0.25) is 0 Å². The Balaban J connectivity index is 0.000000314. The number of piperazine rings is 1. The van der Waals surface area contributed by atoms with E-state index in [4.69, 9.17) is 15.2 Å². The summed E-state index contributed by atoms with van der Waals surface area (Å²) in [5.74, 6) is -1.77. The smallest absolute Gasteiger partial charge is 0.328 e. The van der Waals surface area contributed by atoms with E-state index < -0.39 is 11.9 Å². The van der Waals surface area contributed by atoms with Gasteiger partial charge in [0.1, 0.15) is 16.7 Å². The third-order valence-corrected chi connectivity index (χ3v) is 6.83. The number of carboxylic acid groups (broad SMARTS) is 2. The zero-order valence-corrected chi connectivity index (χ0v) is 19.9. The number of carbonyl (C=O) groups is 2. The molecule has 0 aliphatic carbocycles. The minimum atomic E-state index is -1.26. The lowest BCUT2D eigenvalue weighted by Crippen LogP contribution is -2.48. The fourth-order valence-corrected chi connectivity index (χ4v) is 5.11. The molecule has 0 bridgehead atoms. The number of benzene rings is 2. The second kappa shape index (κ2) is 10.7. The number of hydrogen-bond acceptors (Lipinski definition) is 7. The van der Waals surface area contributed by atoms with Crippen LogP contribution in [0.1, 0.15) is 12.5 Å². The normalized spacial score (nSPS) is 15.4. The zero-order valence-electron chi connectivity index (χ0n) is 19.1. The molecule has 182 valence electrons. The molecule has 3 N–H and O–H groups in total. The molecule has 0 radical (unpaired) electrons. The number of hydrogen-bond donors (Lipinski definition) is 3. The Morgan fingerprint density at radius 2 is 1.77 bits per heavy atom. The molecule has 8 nitrogen and oxygen atoms in total. The van der Waals surface area contributed by atoms with Gasteiger partial charge in [-0.3, -0.25) is 0 Å². The SMILES string of the molecule is CCN1CCN(C2=Nc3ccc(F)cc3Nc3sc4ccccc4c32)CC1.O=C(O)/C=C\C(=O)O. The van der Waals surface area contributed by atoms with Crippen LogP contribution < -0.4 is 5.32 Å². The number of carboxylic acids is 2. The maximum atomic E-state index is 13.8. The van der Waals surface area contributed by atoms with Crippen molar-refractivity contribution in [3.63, 3.8) is 0 Å². The molecule has 2 aliphatic heterocycles.